The number of hydrogen-bond donors (Lipinski definition) is 0. The summed E-state index contributed by atoms with van der Waals surface area (Å²) in [5, 5.41) is 1.19. The number of nitrogens with zero attached hydrogens (tertiary/aromatic N) is 4. The number of benzene rings is 5. The molecule has 0 bridgehead atoms. The van der Waals surface area contributed by atoms with Gasteiger partial charge in [0.2, 0.25) is 0 Å². The van der Waals surface area contributed by atoms with Crippen LogP contribution in [0, 0.1) is 0 Å². The summed E-state index contributed by atoms with van der Waals surface area (Å²) < 4.78 is 6.28. The van der Waals surface area contributed by atoms with E-state index in [-0.39, 0.29) is 12.0 Å². The summed E-state index contributed by atoms with van der Waals surface area (Å²) in [5.74, 6) is 3.10. The zero-order chi connectivity index (χ0) is 29.0. The summed E-state index contributed by atoms with van der Waals surface area (Å²) in [7, 11) is 0. The summed E-state index contributed by atoms with van der Waals surface area (Å²) >= 11 is 0. The van der Waals surface area contributed by atoms with Gasteiger partial charge in [-0.05, 0) is 48.0 Å². The fraction of sp³-hybridized carbons (Fsp3) is 0.0513. The molecule has 3 heterocycles. The van der Waals surface area contributed by atoms with E-state index in [4.69, 9.17) is 19.4 Å². The first-order valence-corrected chi connectivity index (χ1v) is 14.9. The average molecular weight is 567 g/mol. The largest absolute Gasteiger partial charge is 0.456 e. The molecule has 1 aliphatic carbocycles. The maximum atomic E-state index is 6.28. The van der Waals surface area contributed by atoms with Gasteiger partial charge in [-0.25, -0.2) is 15.0 Å². The highest BCUT2D eigenvalue weighted by molar-refractivity contribution is 5.90. The second-order valence-corrected chi connectivity index (χ2v) is 11.2. The van der Waals surface area contributed by atoms with Gasteiger partial charge >= 0.3 is 0 Å². The zero-order valence-corrected chi connectivity index (χ0v) is 23.7. The fourth-order valence-electron chi connectivity index (χ4n) is 6.72. The predicted octanol–water partition coefficient (Wildman–Crippen LogP) is 9.30. The normalized spacial score (nSPS) is 16.5. The van der Waals surface area contributed by atoms with Crippen molar-refractivity contribution in [3.63, 3.8) is 0 Å². The molecule has 2 atom stereocenters. The van der Waals surface area contributed by atoms with Gasteiger partial charge in [0.1, 0.15) is 11.3 Å². The molecule has 0 spiro atoms. The van der Waals surface area contributed by atoms with Gasteiger partial charge in [0, 0.05) is 44.9 Å². The van der Waals surface area contributed by atoms with Crippen molar-refractivity contribution in [1.29, 1.82) is 0 Å². The minimum absolute atomic E-state index is 0.137. The van der Waals surface area contributed by atoms with Crippen LogP contribution >= 0.6 is 0 Å². The van der Waals surface area contributed by atoms with Gasteiger partial charge < -0.3 is 9.32 Å². The van der Waals surface area contributed by atoms with Crippen molar-refractivity contribution in [3.8, 4) is 34.2 Å². The van der Waals surface area contributed by atoms with Gasteiger partial charge in [0.05, 0.1) is 6.04 Å². The molecule has 2 unspecified atom stereocenters. The highest BCUT2D eigenvalue weighted by Gasteiger charge is 2.43. The van der Waals surface area contributed by atoms with Crippen LogP contribution in [-0.4, -0.2) is 21.0 Å². The number of anilines is 2. The number of furan rings is 1. The highest BCUT2D eigenvalue weighted by atomic mass is 16.3. The van der Waals surface area contributed by atoms with Crippen molar-refractivity contribution >= 4 is 28.4 Å². The van der Waals surface area contributed by atoms with E-state index in [1.165, 1.54) is 22.2 Å². The minimum Gasteiger partial charge on any atom is -0.456 e. The van der Waals surface area contributed by atoms with Crippen molar-refractivity contribution in [2.75, 3.05) is 4.90 Å². The van der Waals surface area contributed by atoms with Crippen LogP contribution < -0.4 is 4.90 Å². The quantitative estimate of drug-likeness (QED) is 0.212. The van der Waals surface area contributed by atoms with Crippen molar-refractivity contribution in [2.24, 2.45) is 0 Å². The van der Waals surface area contributed by atoms with Gasteiger partial charge in [-0.15, -0.1) is 0 Å². The molecular formula is C39H26N4O. The SMILES string of the molecule is C1=CC2C(c3ccccc3N2c2ccc(-c3nc(-c4ccccc4)nc(-c4ccccc4)n3)cc2)c2c1oc1ccccc21. The lowest BCUT2D eigenvalue weighted by molar-refractivity contribution is 0.584. The van der Waals surface area contributed by atoms with Crippen LogP contribution in [0.4, 0.5) is 11.4 Å². The molecule has 0 N–H and O–H groups in total. The van der Waals surface area contributed by atoms with Gasteiger partial charge in [0.15, 0.2) is 17.5 Å². The first-order valence-electron chi connectivity index (χ1n) is 14.9. The molecular weight excluding hydrogens is 540 g/mol. The third-order valence-electron chi connectivity index (χ3n) is 8.69. The van der Waals surface area contributed by atoms with Crippen molar-refractivity contribution in [2.45, 2.75) is 12.0 Å². The van der Waals surface area contributed by atoms with Gasteiger partial charge in [-0.3, -0.25) is 0 Å². The molecule has 5 nitrogen and oxygen atoms in total. The van der Waals surface area contributed by atoms with E-state index in [2.05, 4.69) is 83.8 Å². The monoisotopic (exact) mass is 566 g/mol. The molecule has 0 saturated carbocycles. The first kappa shape index (κ1) is 24.8. The van der Waals surface area contributed by atoms with E-state index in [1.807, 2.05) is 66.7 Å². The van der Waals surface area contributed by atoms with E-state index in [0.29, 0.717) is 17.5 Å². The standard InChI is InChI=1S/C39H26N4O/c1-3-11-25(12-4-1)37-40-38(26-13-5-2-6-14-26)42-39(41-37)27-19-21-28(22-20-27)43-31-17-9-7-15-29(31)35-32(43)23-24-34-36(35)30-16-8-10-18-33(30)44-34/h1-24,32,35H. The Kier molecular flexibility index (Phi) is 5.56. The Bertz CT molecular complexity index is 2130. The summed E-state index contributed by atoms with van der Waals surface area (Å²) in [6, 6.07) is 46.0. The van der Waals surface area contributed by atoms with E-state index in [1.54, 1.807) is 0 Å². The van der Waals surface area contributed by atoms with E-state index in [0.717, 1.165) is 33.7 Å². The second-order valence-electron chi connectivity index (χ2n) is 11.2. The summed E-state index contributed by atoms with van der Waals surface area (Å²) in [6.45, 7) is 0. The fourth-order valence-corrected chi connectivity index (χ4v) is 6.72. The molecule has 0 fully saturated rings. The lowest BCUT2D eigenvalue weighted by Crippen LogP contribution is -2.30. The highest BCUT2D eigenvalue weighted by Crippen LogP contribution is 2.53. The van der Waals surface area contributed by atoms with Gasteiger partial charge in [-0.1, -0.05) is 103 Å². The number of aromatic nitrogens is 3. The topological polar surface area (TPSA) is 55.1 Å². The molecule has 0 radical (unpaired) electrons. The molecule has 9 rings (SSSR count). The van der Waals surface area contributed by atoms with Crippen molar-refractivity contribution < 1.29 is 4.42 Å². The molecule has 2 aliphatic rings. The number of rotatable bonds is 4. The molecule has 44 heavy (non-hydrogen) atoms. The lowest BCUT2D eigenvalue weighted by atomic mass is 9.82. The Morgan fingerprint density at radius 1 is 0.545 bits per heavy atom. The number of hydrogen-bond acceptors (Lipinski definition) is 5. The minimum atomic E-state index is 0.137. The van der Waals surface area contributed by atoms with Crippen LogP contribution in [0.25, 0.3) is 51.2 Å². The van der Waals surface area contributed by atoms with E-state index < -0.39 is 0 Å². The average Bonchev–Trinajstić information content (AvgIpc) is 3.64. The molecule has 5 heteroatoms. The lowest BCUT2D eigenvalue weighted by Gasteiger charge is -2.30. The maximum absolute atomic E-state index is 6.28. The van der Waals surface area contributed by atoms with Crippen LogP contribution in [-0.2, 0) is 0 Å². The molecule has 7 aromatic rings. The van der Waals surface area contributed by atoms with Crippen LogP contribution in [0.2, 0.25) is 0 Å². The van der Waals surface area contributed by atoms with Gasteiger partial charge in [-0.2, -0.15) is 0 Å². The Balaban J connectivity index is 1.13. The molecule has 5 aromatic carbocycles. The summed E-state index contributed by atoms with van der Waals surface area (Å²) in [5.41, 5.74) is 8.72. The van der Waals surface area contributed by atoms with Crippen molar-refractivity contribution in [1.82, 2.24) is 15.0 Å². The molecule has 0 saturated heterocycles. The third-order valence-corrected chi connectivity index (χ3v) is 8.69. The van der Waals surface area contributed by atoms with Crippen molar-refractivity contribution in [3.05, 3.63) is 156 Å². The van der Waals surface area contributed by atoms with Crippen LogP contribution in [0.15, 0.2) is 144 Å². The molecule has 2 aromatic heterocycles. The Morgan fingerprint density at radius 2 is 1.11 bits per heavy atom. The molecule has 0 amide bonds. The zero-order valence-electron chi connectivity index (χ0n) is 23.7. The van der Waals surface area contributed by atoms with Crippen LogP contribution in [0.5, 0.6) is 0 Å². The van der Waals surface area contributed by atoms with Crippen LogP contribution in [0.1, 0.15) is 22.8 Å². The third kappa shape index (κ3) is 3.90. The Labute approximate surface area is 254 Å². The summed E-state index contributed by atoms with van der Waals surface area (Å²) in [4.78, 5) is 17.1. The smallest absolute Gasteiger partial charge is 0.164 e. The van der Waals surface area contributed by atoms with E-state index in [9.17, 15) is 0 Å². The molecule has 208 valence electrons. The summed E-state index contributed by atoms with van der Waals surface area (Å²) in [6.07, 6.45) is 4.43. The Morgan fingerprint density at radius 3 is 1.80 bits per heavy atom. The number of para-hydroxylation sites is 2. The maximum Gasteiger partial charge on any atom is 0.164 e. The van der Waals surface area contributed by atoms with Crippen LogP contribution in [0.3, 0.4) is 0 Å². The van der Waals surface area contributed by atoms with Gasteiger partial charge in [0.25, 0.3) is 0 Å². The molecule has 1 aliphatic heterocycles. The predicted molar refractivity (Wildman–Crippen MR) is 176 cm³/mol. The number of fused-ring (bicyclic) bond motifs is 7. The first-order chi connectivity index (χ1) is 21.8. The second kappa shape index (κ2) is 9.89. The Hall–Kier alpha value is -5.81. The van der Waals surface area contributed by atoms with E-state index >= 15 is 0 Å².